The second-order valence-corrected chi connectivity index (χ2v) is 5.43. The molecule has 3 aromatic rings. The Labute approximate surface area is 121 Å². The van der Waals surface area contributed by atoms with Crippen molar-refractivity contribution in [3.8, 4) is 11.1 Å². The lowest BCUT2D eigenvalue weighted by atomic mass is 10.0. The highest BCUT2D eigenvalue weighted by molar-refractivity contribution is 7.17. The van der Waals surface area contributed by atoms with Gasteiger partial charge in [-0.1, -0.05) is 29.8 Å². The van der Waals surface area contributed by atoms with Crippen LogP contribution in [0.2, 0.25) is 0 Å². The summed E-state index contributed by atoms with van der Waals surface area (Å²) in [6.45, 7) is 2.64. The molecule has 0 radical (unpaired) electrons. The van der Waals surface area contributed by atoms with Crippen LogP contribution in [0, 0.1) is 6.92 Å². The largest absolute Gasteiger partial charge is 0.395 e. The van der Waals surface area contributed by atoms with Gasteiger partial charge in [-0.25, -0.2) is 9.97 Å². The van der Waals surface area contributed by atoms with E-state index in [1.54, 1.807) is 17.7 Å². The Morgan fingerprint density at radius 2 is 2.00 bits per heavy atom. The van der Waals surface area contributed by atoms with Crippen LogP contribution in [0.4, 0.5) is 5.82 Å². The molecule has 2 N–H and O–H groups in total. The first-order valence-corrected chi connectivity index (χ1v) is 7.31. The summed E-state index contributed by atoms with van der Waals surface area (Å²) in [5, 5.41) is 15.2. The van der Waals surface area contributed by atoms with Crippen molar-refractivity contribution >= 4 is 27.4 Å². The van der Waals surface area contributed by atoms with E-state index in [-0.39, 0.29) is 6.61 Å². The van der Waals surface area contributed by atoms with E-state index in [2.05, 4.69) is 51.9 Å². The van der Waals surface area contributed by atoms with Crippen LogP contribution in [0.5, 0.6) is 0 Å². The van der Waals surface area contributed by atoms with Crippen LogP contribution >= 0.6 is 11.3 Å². The van der Waals surface area contributed by atoms with E-state index in [9.17, 15) is 0 Å². The molecule has 0 spiro atoms. The Hall–Kier alpha value is -1.98. The number of aliphatic hydroxyl groups is 1. The third-order valence-corrected chi connectivity index (χ3v) is 4.02. The third kappa shape index (κ3) is 2.37. The van der Waals surface area contributed by atoms with E-state index in [0.717, 1.165) is 27.2 Å². The van der Waals surface area contributed by atoms with Gasteiger partial charge >= 0.3 is 0 Å². The van der Waals surface area contributed by atoms with Crippen LogP contribution < -0.4 is 5.32 Å². The summed E-state index contributed by atoms with van der Waals surface area (Å²) < 4.78 is 0. The number of aliphatic hydroxyl groups excluding tert-OH is 1. The van der Waals surface area contributed by atoms with Gasteiger partial charge in [0, 0.05) is 17.5 Å². The van der Waals surface area contributed by atoms with Crippen LogP contribution in [0.3, 0.4) is 0 Å². The first-order chi connectivity index (χ1) is 9.79. The van der Waals surface area contributed by atoms with E-state index < -0.39 is 0 Å². The molecule has 0 aliphatic heterocycles. The average molecular weight is 285 g/mol. The molecule has 1 aromatic carbocycles. The molecule has 20 heavy (non-hydrogen) atoms. The predicted octanol–water partition coefficient (Wildman–Crippen LogP) is 3.07. The minimum absolute atomic E-state index is 0.0789. The maximum Gasteiger partial charge on any atom is 0.138 e. The summed E-state index contributed by atoms with van der Waals surface area (Å²) in [6, 6.07) is 8.42. The number of aryl methyl sites for hydroxylation is 1. The molecular formula is C15H15N3OS. The van der Waals surface area contributed by atoms with Gasteiger partial charge in [0.25, 0.3) is 0 Å². The maximum absolute atomic E-state index is 8.96. The number of fused-ring (bicyclic) bond motifs is 1. The van der Waals surface area contributed by atoms with Crippen molar-refractivity contribution in [1.82, 2.24) is 9.97 Å². The SMILES string of the molecule is Cc1ccc(-c2csc3ncnc(NCCO)c23)cc1. The zero-order chi connectivity index (χ0) is 13.9. The first kappa shape index (κ1) is 13.0. The van der Waals surface area contributed by atoms with Crippen LogP contribution in [-0.4, -0.2) is 28.2 Å². The molecule has 4 nitrogen and oxygen atoms in total. The Morgan fingerprint density at radius 3 is 2.75 bits per heavy atom. The number of thiophene rings is 1. The molecule has 0 saturated carbocycles. The predicted molar refractivity (Wildman–Crippen MR) is 83.2 cm³/mol. The standard InChI is InChI=1S/C15H15N3OS/c1-10-2-4-11(5-3-10)12-8-20-15-13(12)14(16-6-7-19)17-9-18-15/h2-5,8-9,19H,6-7H2,1H3,(H,16,17,18). The molecule has 0 fully saturated rings. The summed E-state index contributed by atoms with van der Waals surface area (Å²) in [5.74, 6) is 0.779. The molecule has 0 amide bonds. The second kappa shape index (κ2) is 5.56. The smallest absolute Gasteiger partial charge is 0.138 e. The molecule has 0 unspecified atom stereocenters. The maximum atomic E-state index is 8.96. The van der Waals surface area contributed by atoms with Crippen LogP contribution in [0.25, 0.3) is 21.3 Å². The minimum Gasteiger partial charge on any atom is -0.395 e. The van der Waals surface area contributed by atoms with Gasteiger partial charge in [-0.15, -0.1) is 11.3 Å². The number of aromatic nitrogens is 2. The molecule has 2 heterocycles. The molecule has 0 aliphatic carbocycles. The highest BCUT2D eigenvalue weighted by Gasteiger charge is 2.12. The van der Waals surface area contributed by atoms with Crippen molar-refractivity contribution in [2.75, 3.05) is 18.5 Å². The lowest BCUT2D eigenvalue weighted by molar-refractivity contribution is 0.311. The molecule has 5 heteroatoms. The van der Waals surface area contributed by atoms with Crippen molar-refractivity contribution in [1.29, 1.82) is 0 Å². The highest BCUT2D eigenvalue weighted by Crippen LogP contribution is 2.36. The zero-order valence-electron chi connectivity index (χ0n) is 11.1. The van der Waals surface area contributed by atoms with Crippen LogP contribution in [-0.2, 0) is 0 Å². The van der Waals surface area contributed by atoms with E-state index in [0.29, 0.717) is 6.54 Å². The fourth-order valence-electron chi connectivity index (χ4n) is 2.13. The van der Waals surface area contributed by atoms with E-state index >= 15 is 0 Å². The Morgan fingerprint density at radius 1 is 1.20 bits per heavy atom. The fraction of sp³-hybridized carbons (Fsp3) is 0.200. The van der Waals surface area contributed by atoms with Gasteiger partial charge in [-0.05, 0) is 12.5 Å². The Kier molecular flexibility index (Phi) is 3.62. The monoisotopic (exact) mass is 285 g/mol. The Balaban J connectivity index is 2.13. The average Bonchev–Trinajstić information content (AvgIpc) is 2.90. The first-order valence-electron chi connectivity index (χ1n) is 6.43. The molecule has 0 aliphatic rings. The summed E-state index contributed by atoms with van der Waals surface area (Å²) in [5.41, 5.74) is 3.53. The molecule has 2 aromatic heterocycles. The zero-order valence-corrected chi connectivity index (χ0v) is 11.9. The molecule has 0 saturated heterocycles. The van der Waals surface area contributed by atoms with Gasteiger partial charge in [-0.2, -0.15) is 0 Å². The van der Waals surface area contributed by atoms with E-state index in [4.69, 9.17) is 5.11 Å². The van der Waals surface area contributed by atoms with Crippen LogP contribution in [0.15, 0.2) is 36.0 Å². The van der Waals surface area contributed by atoms with Crippen molar-refractivity contribution in [2.24, 2.45) is 0 Å². The topological polar surface area (TPSA) is 58.0 Å². The number of nitrogens with one attached hydrogen (secondary N) is 1. The van der Waals surface area contributed by atoms with Gasteiger partial charge in [0.05, 0.1) is 12.0 Å². The Bertz CT molecular complexity index is 722. The normalized spacial score (nSPS) is 10.9. The summed E-state index contributed by atoms with van der Waals surface area (Å²) >= 11 is 1.61. The van der Waals surface area contributed by atoms with Gasteiger partial charge in [0.15, 0.2) is 0 Å². The third-order valence-electron chi connectivity index (χ3n) is 3.14. The van der Waals surface area contributed by atoms with E-state index in [1.165, 1.54) is 5.56 Å². The van der Waals surface area contributed by atoms with Gasteiger partial charge in [0.2, 0.25) is 0 Å². The molecule has 0 atom stereocenters. The lowest BCUT2D eigenvalue weighted by Crippen LogP contribution is -2.07. The van der Waals surface area contributed by atoms with E-state index in [1.807, 2.05) is 0 Å². The van der Waals surface area contributed by atoms with Gasteiger partial charge < -0.3 is 10.4 Å². The number of rotatable bonds is 4. The van der Waals surface area contributed by atoms with Crippen molar-refractivity contribution in [3.63, 3.8) is 0 Å². The number of anilines is 1. The minimum atomic E-state index is 0.0789. The van der Waals surface area contributed by atoms with Crippen molar-refractivity contribution in [2.45, 2.75) is 6.92 Å². The quantitative estimate of drug-likeness (QED) is 0.773. The number of hydrogen-bond donors (Lipinski definition) is 2. The van der Waals surface area contributed by atoms with Gasteiger partial charge in [-0.3, -0.25) is 0 Å². The van der Waals surface area contributed by atoms with Crippen LogP contribution in [0.1, 0.15) is 5.56 Å². The molecular weight excluding hydrogens is 270 g/mol. The lowest BCUT2D eigenvalue weighted by Gasteiger charge is -2.07. The van der Waals surface area contributed by atoms with Crippen molar-refractivity contribution in [3.05, 3.63) is 41.5 Å². The summed E-state index contributed by atoms with van der Waals surface area (Å²) in [7, 11) is 0. The molecule has 0 bridgehead atoms. The molecule has 3 rings (SSSR count). The highest BCUT2D eigenvalue weighted by atomic mass is 32.1. The van der Waals surface area contributed by atoms with Crippen molar-refractivity contribution < 1.29 is 5.11 Å². The van der Waals surface area contributed by atoms with Gasteiger partial charge in [0.1, 0.15) is 17.0 Å². The number of benzene rings is 1. The molecule has 102 valence electrons. The number of nitrogens with zero attached hydrogens (tertiary/aromatic N) is 2. The summed E-state index contributed by atoms with van der Waals surface area (Å²) in [6.07, 6.45) is 1.55. The second-order valence-electron chi connectivity index (χ2n) is 4.57. The fourth-order valence-corrected chi connectivity index (χ4v) is 3.04. The number of hydrogen-bond acceptors (Lipinski definition) is 5. The summed E-state index contributed by atoms with van der Waals surface area (Å²) in [4.78, 5) is 9.57.